The number of amides is 4. The molecule has 0 saturated carbocycles. The lowest BCUT2D eigenvalue weighted by Gasteiger charge is -2.35. The van der Waals surface area contributed by atoms with Crippen LogP contribution in [0.3, 0.4) is 0 Å². The summed E-state index contributed by atoms with van der Waals surface area (Å²) < 4.78 is 6.12. The molecule has 37 heavy (non-hydrogen) atoms. The molecular formula is C28H32N4O5. The molecule has 194 valence electrons. The summed E-state index contributed by atoms with van der Waals surface area (Å²) in [6.45, 7) is 3.43. The molecular weight excluding hydrogens is 472 g/mol. The van der Waals surface area contributed by atoms with Crippen LogP contribution in [0.5, 0.6) is 5.75 Å². The zero-order valence-corrected chi connectivity index (χ0v) is 21.1. The number of hydrogen-bond donors (Lipinski definition) is 1. The molecule has 9 nitrogen and oxygen atoms in total. The second-order valence-electron chi connectivity index (χ2n) is 10.0. The Kier molecular flexibility index (Phi) is 7.21. The van der Waals surface area contributed by atoms with Crippen molar-refractivity contribution >= 4 is 23.6 Å². The Bertz CT molecular complexity index is 1230. The van der Waals surface area contributed by atoms with Gasteiger partial charge in [0.1, 0.15) is 18.4 Å². The predicted octanol–water partition coefficient (Wildman–Crippen LogP) is 2.54. The number of piperidine rings is 2. The number of nitrogens with zero attached hydrogens (tertiary/aromatic N) is 3. The van der Waals surface area contributed by atoms with E-state index in [-0.39, 0.29) is 30.2 Å². The summed E-state index contributed by atoms with van der Waals surface area (Å²) in [4.78, 5) is 57.6. The first-order valence-electron chi connectivity index (χ1n) is 13.0. The van der Waals surface area contributed by atoms with Gasteiger partial charge in [-0.2, -0.15) is 0 Å². The van der Waals surface area contributed by atoms with Crippen LogP contribution in [0, 0.1) is 6.92 Å². The van der Waals surface area contributed by atoms with E-state index in [4.69, 9.17) is 4.74 Å². The highest BCUT2D eigenvalue weighted by Gasteiger charge is 2.39. The third-order valence-electron chi connectivity index (χ3n) is 7.58. The van der Waals surface area contributed by atoms with Crippen molar-refractivity contribution in [1.82, 2.24) is 20.1 Å². The van der Waals surface area contributed by atoms with Crippen molar-refractivity contribution in [2.75, 3.05) is 13.2 Å². The minimum atomic E-state index is -0.640. The quantitative estimate of drug-likeness (QED) is 0.581. The molecule has 0 bridgehead atoms. The molecule has 1 aromatic heterocycles. The summed E-state index contributed by atoms with van der Waals surface area (Å²) in [7, 11) is 0. The number of hydrogen-bond acceptors (Lipinski definition) is 6. The Morgan fingerprint density at radius 2 is 2.03 bits per heavy atom. The summed E-state index contributed by atoms with van der Waals surface area (Å²) in [6, 6.07) is 8.62. The fraction of sp³-hybridized carbons (Fsp3) is 0.464. The van der Waals surface area contributed by atoms with Crippen LogP contribution >= 0.6 is 0 Å². The normalized spacial score (nSPS) is 21.6. The maximum atomic E-state index is 13.1. The number of benzene rings is 1. The van der Waals surface area contributed by atoms with Crippen molar-refractivity contribution in [3.63, 3.8) is 0 Å². The Morgan fingerprint density at radius 1 is 1.16 bits per heavy atom. The summed E-state index contributed by atoms with van der Waals surface area (Å²) >= 11 is 0. The number of carbonyl (C=O) groups is 4. The van der Waals surface area contributed by atoms with Gasteiger partial charge in [-0.05, 0) is 74.4 Å². The van der Waals surface area contributed by atoms with Gasteiger partial charge < -0.3 is 14.5 Å². The van der Waals surface area contributed by atoms with E-state index in [2.05, 4.69) is 10.3 Å². The minimum absolute atomic E-state index is 0.000867. The lowest BCUT2D eigenvalue weighted by Crippen LogP contribution is -2.52. The van der Waals surface area contributed by atoms with Crippen molar-refractivity contribution in [3.05, 3.63) is 58.9 Å². The Hall–Kier alpha value is -3.75. The van der Waals surface area contributed by atoms with E-state index in [1.807, 2.05) is 30.0 Å². The number of imide groups is 1. The highest BCUT2D eigenvalue weighted by atomic mass is 16.5. The van der Waals surface area contributed by atoms with Crippen molar-refractivity contribution in [1.29, 1.82) is 0 Å². The van der Waals surface area contributed by atoms with Crippen LogP contribution in [0.1, 0.15) is 65.7 Å². The molecule has 4 amide bonds. The van der Waals surface area contributed by atoms with Gasteiger partial charge in [-0.25, -0.2) is 0 Å². The first-order chi connectivity index (χ1) is 17.9. The second kappa shape index (κ2) is 10.7. The van der Waals surface area contributed by atoms with Crippen LogP contribution < -0.4 is 10.1 Å². The topological polar surface area (TPSA) is 109 Å². The molecule has 2 saturated heterocycles. The van der Waals surface area contributed by atoms with Gasteiger partial charge in [0.2, 0.25) is 17.7 Å². The fourth-order valence-corrected chi connectivity index (χ4v) is 5.48. The largest absolute Gasteiger partial charge is 0.491 e. The first-order valence-corrected chi connectivity index (χ1v) is 13.0. The standard InChI is InChI=1S/C28H32N4O5/c1-18-5-4-13-29-23(18)9-12-26(34)31-14-3-2-6-20(31)17-37-21-7-8-22-19(15-21)16-32(28(22)36)24-10-11-25(33)30-27(24)35/h4-5,7-8,13,15,20,24H,2-3,6,9-12,14,16-17H2,1H3,(H,30,33,35)/t20-,24?/m1/s1. The number of ether oxygens (including phenoxy) is 1. The lowest BCUT2D eigenvalue weighted by atomic mass is 10.0. The highest BCUT2D eigenvalue weighted by Crippen LogP contribution is 2.30. The summed E-state index contributed by atoms with van der Waals surface area (Å²) in [5.74, 6) is -0.169. The number of fused-ring (bicyclic) bond motifs is 1. The van der Waals surface area contributed by atoms with Gasteiger partial charge in [0.25, 0.3) is 5.91 Å². The number of aryl methyl sites for hydroxylation is 2. The molecule has 4 heterocycles. The number of pyridine rings is 1. The SMILES string of the molecule is Cc1cccnc1CCC(=O)N1CCCC[C@@H]1COc1ccc2c(c1)CN(C1CCC(=O)NC1=O)C2=O. The van der Waals surface area contributed by atoms with Gasteiger partial charge in [-0.15, -0.1) is 0 Å². The molecule has 0 radical (unpaired) electrons. The second-order valence-corrected chi connectivity index (χ2v) is 10.0. The predicted molar refractivity (Wildman–Crippen MR) is 135 cm³/mol. The molecule has 3 aliphatic heterocycles. The molecule has 0 spiro atoms. The van der Waals surface area contributed by atoms with E-state index in [0.29, 0.717) is 43.7 Å². The van der Waals surface area contributed by atoms with Crippen molar-refractivity contribution in [3.8, 4) is 5.75 Å². The van der Waals surface area contributed by atoms with E-state index in [9.17, 15) is 19.2 Å². The number of nitrogens with one attached hydrogen (secondary N) is 1. The van der Waals surface area contributed by atoms with Crippen LogP contribution in [-0.2, 0) is 27.3 Å². The Morgan fingerprint density at radius 3 is 2.84 bits per heavy atom. The third kappa shape index (κ3) is 5.35. The molecule has 1 unspecified atom stereocenters. The molecule has 3 aliphatic rings. The first kappa shape index (κ1) is 24.9. The van der Waals surface area contributed by atoms with E-state index in [0.717, 1.165) is 42.6 Å². The summed E-state index contributed by atoms with van der Waals surface area (Å²) in [5, 5.41) is 2.32. The summed E-state index contributed by atoms with van der Waals surface area (Å²) in [6.07, 6.45) is 6.30. The van der Waals surface area contributed by atoms with Gasteiger partial charge >= 0.3 is 0 Å². The minimum Gasteiger partial charge on any atom is -0.491 e. The van der Waals surface area contributed by atoms with E-state index in [1.165, 1.54) is 4.90 Å². The number of aromatic nitrogens is 1. The molecule has 0 aliphatic carbocycles. The number of likely N-dealkylation sites (tertiary alicyclic amines) is 1. The summed E-state index contributed by atoms with van der Waals surface area (Å²) in [5.41, 5.74) is 3.41. The average Bonchev–Trinajstić information content (AvgIpc) is 3.22. The average molecular weight is 505 g/mol. The smallest absolute Gasteiger partial charge is 0.255 e. The van der Waals surface area contributed by atoms with Crippen LogP contribution in [0.15, 0.2) is 36.5 Å². The molecule has 2 atom stereocenters. The Balaban J connectivity index is 1.19. The van der Waals surface area contributed by atoms with Crippen LogP contribution in [0.25, 0.3) is 0 Å². The van der Waals surface area contributed by atoms with Gasteiger partial charge in [0.15, 0.2) is 0 Å². The zero-order chi connectivity index (χ0) is 25.9. The van der Waals surface area contributed by atoms with Crippen molar-refractivity contribution in [2.24, 2.45) is 0 Å². The molecule has 2 fully saturated rings. The maximum absolute atomic E-state index is 13.1. The van der Waals surface area contributed by atoms with E-state index < -0.39 is 11.9 Å². The van der Waals surface area contributed by atoms with Gasteiger partial charge in [0.05, 0.1) is 6.04 Å². The number of carbonyl (C=O) groups excluding carboxylic acids is 4. The van der Waals surface area contributed by atoms with Gasteiger partial charge in [-0.3, -0.25) is 29.5 Å². The monoisotopic (exact) mass is 504 g/mol. The van der Waals surface area contributed by atoms with E-state index in [1.54, 1.807) is 18.3 Å². The zero-order valence-electron chi connectivity index (χ0n) is 21.1. The van der Waals surface area contributed by atoms with Gasteiger partial charge in [-0.1, -0.05) is 6.07 Å². The van der Waals surface area contributed by atoms with Crippen LogP contribution in [0.2, 0.25) is 0 Å². The maximum Gasteiger partial charge on any atom is 0.255 e. The van der Waals surface area contributed by atoms with Gasteiger partial charge in [0, 0.05) is 43.4 Å². The van der Waals surface area contributed by atoms with Crippen LogP contribution in [-0.4, -0.2) is 63.6 Å². The highest BCUT2D eigenvalue weighted by molar-refractivity contribution is 6.05. The molecule has 1 aromatic carbocycles. The van der Waals surface area contributed by atoms with E-state index >= 15 is 0 Å². The van der Waals surface area contributed by atoms with Crippen LogP contribution in [0.4, 0.5) is 0 Å². The Labute approximate surface area is 216 Å². The molecule has 1 N–H and O–H groups in total. The number of rotatable bonds is 7. The van der Waals surface area contributed by atoms with Crippen molar-refractivity contribution < 1.29 is 23.9 Å². The van der Waals surface area contributed by atoms with Crippen molar-refractivity contribution in [2.45, 2.75) is 70.5 Å². The molecule has 2 aromatic rings. The molecule has 5 rings (SSSR count). The molecule has 9 heteroatoms. The fourth-order valence-electron chi connectivity index (χ4n) is 5.48. The third-order valence-corrected chi connectivity index (χ3v) is 7.58. The lowest BCUT2D eigenvalue weighted by molar-refractivity contribution is -0.137.